The van der Waals surface area contributed by atoms with E-state index in [1.165, 1.54) is 0 Å². The van der Waals surface area contributed by atoms with Crippen LogP contribution in [-0.2, 0) is 13.0 Å². The van der Waals surface area contributed by atoms with E-state index in [-0.39, 0.29) is 5.95 Å². The van der Waals surface area contributed by atoms with Crippen LogP contribution in [0.1, 0.15) is 18.1 Å². The maximum atomic E-state index is 5.74. The van der Waals surface area contributed by atoms with Crippen molar-refractivity contribution in [2.24, 2.45) is 0 Å². The number of nitrogens with zero attached hydrogens (tertiary/aromatic N) is 5. The largest absolute Gasteiger partial charge is 0.497 e. The highest BCUT2D eigenvalue weighted by molar-refractivity contribution is 5.48. The zero-order valence-corrected chi connectivity index (χ0v) is 14.7. The minimum absolute atomic E-state index is 0.283. The quantitative estimate of drug-likeness (QED) is 0.743. The molecule has 0 radical (unpaired) electrons. The summed E-state index contributed by atoms with van der Waals surface area (Å²) in [7, 11) is 3.64. The third kappa shape index (κ3) is 3.71. The zero-order valence-electron chi connectivity index (χ0n) is 14.7. The van der Waals surface area contributed by atoms with Crippen molar-refractivity contribution in [3.8, 4) is 11.4 Å². The van der Waals surface area contributed by atoms with Crippen LogP contribution in [0, 0.1) is 0 Å². The highest BCUT2D eigenvalue weighted by Crippen LogP contribution is 2.20. The van der Waals surface area contributed by atoms with Crippen LogP contribution in [0.2, 0.25) is 0 Å². The number of aromatic nitrogens is 4. The van der Waals surface area contributed by atoms with Gasteiger partial charge in [-0.05, 0) is 18.6 Å². The molecule has 0 aliphatic rings. The van der Waals surface area contributed by atoms with Gasteiger partial charge in [-0.25, -0.2) is 9.67 Å². The maximum absolute atomic E-state index is 5.74. The highest BCUT2D eigenvalue weighted by Gasteiger charge is 2.11. The van der Waals surface area contributed by atoms with Gasteiger partial charge >= 0.3 is 0 Å². The van der Waals surface area contributed by atoms with Gasteiger partial charge in [-0.15, -0.1) is 0 Å². The van der Waals surface area contributed by atoms with Crippen LogP contribution >= 0.6 is 0 Å². The Kier molecular flexibility index (Phi) is 4.83. The Balaban J connectivity index is 1.80. The predicted octanol–water partition coefficient (Wildman–Crippen LogP) is 2.45. The second-order valence-electron chi connectivity index (χ2n) is 5.78. The Labute approximate surface area is 147 Å². The minimum atomic E-state index is 0.283. The van der Waals surface area contributed by atoms with Gasteiger partial charge in [0.05, 0.1) is 19.0 Å². The number of methoxy groups -OCH3 is 1. The molecule has 0 aliphatic carbocycles. The number of anilines is 2. The van der Waals surface area contributed by atoms with E-state index in [2.05, 4.69) is 26.9 Å². The van der Waals surface area contributed by atoms with Gasteiger partial charge in [-0.3, -0.25) is 0 Å². The van der Waals surface area contributed by atoms with Gasteiger partial charge in [0, 0.05) is 43.2 Å². The van der Waals surface area contributed by atoms with E-state index in [1.807, 2.05) is 48.4 Å². The van der Waals surface area contributed by atoms with Crippen molar-refractivity contribution >= 4 is 11.8 Å². The van der Waals surface area contributed by atoms with Gasteiger partial charge in [0.2, 0.25) is 5.95 Å². The highest BCUT2D eigenvalue weighted by atomic mass is 16.5. The lowest BCUT2D eigenvalue weighted by molar-refractivity contribution is 0.414. The molecule has 130 valence electrons. The third-order valence-electron chi connectivity index (χ3n) is 3.98. The van der Waals surface area contributed by atoms with Gasteiger partial charge in [0.25, 0.3) is 0 Å². The van der Waals surface area contributed by atoms with Gasteiger partial charge in [0.1, 0.15) is 11.6 Å². The van der Waals surface area contributed by atoms with Gasteiger partial charge in [-0.1, -0.05) is 13.0 Å². The number of nitrogens with two attached hydrogens (primary N) is 1. The summed E-state index contributed by atoms with van der Waals surface area (Å²) in [6, 6.07) is 7.79. The molecule has 0 fully saturated rings. The zero-order chi connectivity index (χ0) is 17.8. The number of benzene rings is 1. The molecule has 2 N–H and O–H groups in total. The van der Waals surface area contributed by atoms with Crippen LogP contribution in [0.5, 0.6) is 5.75 Å². The summed E-state index contributed by atoms with van der Waals surface area (Å²) in [5.41, 5.74) is 8.84. The Morgan fingerprint density at radius 3 is 2.88 bits per heavy atom. The molecule has 3 aromatic rings. The van der Waals surface area contributed by atoms with Gasteiger partial charge in [-0.2, -0.15) is 10.1 Å². The molecule has 0 spiro atoms. The first-order valence-corrected chi connectivity index (χ1v) is 8.11. The van der Waals surface area contributed by atoms with Crippen LogP contribution in [0.25, 0.3) is 5.69 Å². The fourth-order valence-electron chi connectivity index (χ4n) is 2.68. The normalized spacial score (nSPS) is 10.7. The van der Waals surface area contributed by atoms with Crippen LogP contribution < -0.4 is 15.4 Å². The molecule has 0 amide bonds. The minimum Gasteiger partial charge on any atom is -0.497 e. The number of nitrogen functional groups attached to an aromatic ring is 1. The van der Waals surface area contributed by atoms with E-state index < -0.39 is 0 Å². The number of aryl methyl sites for hydroxylation is 1. The molecule has 25 heavy (non-hydrogen) atoms. The lowest BCUT2D eigenvalue weighted by Crippen LogP contribution is -2.20. The van der Waals surface area contributed by atoms with E-state index in [4.69, 9.17) is 10.5 Å². The monoisotopic (exact) mass is 338 g/mol. The fourth-order valence-corrected chi connectivity index (χ4v) is 2.68. The molecule has 7 heteroatoms. The van der Waals surface area contributed by atoms with Gasteiger partial charge < -0.3 is 15.4 Å². The summed E-state index contributed by atoms with van der Waals surface area (Å²) in [5, 5.41) is 4.45. The van der Waals surface area contributed by atoms with Crippen LogP contribution in [-0.4, -0.2) is 33.9 Å². The maximum Gasteiger partial charge on any atom is 0.221 e. The Bertz CT molecular complexity index is 860. The van der Waals surface area contributed by atoms with Crippen molar-refractivity contribution in [1.82, 2.24) is 19.7 Å². The second kappa shape index (κ2) is 7.21. The van der Waals surface area contributed by atoms with E-state index in [1.54, 1.807) is 13.3 Å². The number of hydrogen-bond donors (Lipinski definition) is 1. The summed E-state index contributed by atoms with van der Waals surface area (Å²) in [6.07, 6.45) is 6.49. The first-order chi connectivity index (χ1) is 12.1. The fraction of sp³-hybridized carbons (Fsp3) is 0.278. The predicted molar refractivity (Wildman–Crippen MR) is 98.0 cm³/mol. The Morgan fingerprint density at radius 1 is 1.28 bits per heavy atom. The SMILES string of the molecule is CCc1cnc(N)nc1N(C)Cc1cnn(-c2cccc(OC)c2)c1. The van der Waals surface area contributed by atoms with Crippen LogP contribution in [0.15, 0.2) is 42.9 Å². The summed E-state index contributed by atoms with van der Waals surface area (Å²) >= 11 is 0. The van der Waals surface area contributed by atoms with E-state index in [0.29, 0.717) is 6.54 Å². The molecule has 0 bridgehead atoms. The molecule has 0 saturated heterocycles. The lowest BCUT2D eigenvalue weighted by atomic mass is 10.2. The van der Waals surface area contributed by atoms with Crippen molar-refractivity contribution < 1.29 is 4.74 Å². The lowest BCUT2D eigenvalue weighted by Gasteiger charge is -2.20. The molecule has 1 aromatic carbocycles. The third-order valence-corrected chi connectivity index (χ3v) is 3.98. The van der Waals surface area contributed by atoms with Crippen molar-refractivity contribution in [1.29, 1.82) is 0 Å². The topological polar surface area (TPSA) is 82.1 Å². The molecule has 2 aromatic heterocycles. The molecule has 0 saturated carbocycles. The molecule has 2 heterocycles. The average Bonchev–Trinajstić information content (AvgIpc) is 3.10. The molecular weight excluding hydrogens is 316 g/mol. The van der Waals surface area contributed by atoms with E-state index >= 15 is 0 Å². The number of hydrogen-bond acceptors (Lipinski definition) is 6. The second-order valence-corrected chi connectivity index (χ2v) is 5.78. The van der Waals surface area contributed by atoms with E-state index in [9.17, 15) is 0 Å². The van der Waals surface area contributed by atoms with E-state index in [0.717, 1.165) is 34.8 Å². The Hall–Kier alpha value is -3.09. The molecule has 0 aliphatic heterocycles. The van der Waals surface area contributed by atoms with Crippen molar-refractivity contribution in [3.05, 3.63) is 54.0 Å². The van der Waals surface area contributed by atoms with Gasteiger partial charge in [0.15, 0.2) is 0 Å². The number of ether oxygens (including phenoxy) is 1. The molecule has 0 unspecified atom stereocenters. The molecule has 3 rings (SSSR count). The summed E-state index contributed by atoms with van der Waals surface area (Å²) in [5.74, 6) is 1.94. The standard InChI is InChI=1S/C18H22N6O/c1-4-14-10-20-18(19)22-17(14)23(2)11-13-9-21-24(12-13)15-6-5-7-16(8-15)25-3/h5-10,12H,4,11H2,1-3H3,(H2,19,20,22). The van der Waals surface area contributed by atoms with Crippen LogP contribution in [0.3, 0.4) is 0 Å². The average molecular weight is 338 g/mol. The summed E-state index contributed by atoms with van der Waals surface area (Å²) < 4.78 is 7.10. The smallest absolute Gasteiger partial charge is 0.221 e. The first-order valence-electron chi connectivity index (χ1n) is 8.11. The summed E-state index contributed by atoms with van der Waals surface area (Å²) in [4.78, 5) is 10.5. The summed E-state index contributed by atoms with van der Waals surface area (Å²) in [6.45, 7) is 2.75. The van der Waals surface area contributed by atoms with Crippen LogP contribution in [0.4, 0.5) is 11.8 Å². The number of rotatable bonds is 6. The van der Waals surface area contributed by atoms with Crippen molar-refractivity contribution in [2.45, 2.75) is 19.9 Å². The first kappa shape index (κ1) is 16.8. The molecule has 0 atom stereocenters. The molecular formula is C18H22N6O. The van der Waals surface area contributed by atoms with Crippen molar-refractivity contribution in [2.75, 3.05) is 24.8 Å². The van der Waals surface area contributed by atoms with Crippen molar-refractivity contribution in [3.63, 3.8) is 0 Å². The Morgan fingerprint density at radius 2 is 2.12 bits per heavy atom. The molecule has 7 nitrogen and oxygen atoms in total.